The molecule has 0 radical (unpaired) electrons. The number of rotatable bonds is 9. The van der Waals surface area contributed by atoms with Crippen LogP contribution in [0.1, 0.15) is 83.9 Å². The lowest BCUT2D eigenvalue weighted by molar-refractivity contribution is -0.145. The number of alkyl carbamates (subject to hydrolysis) is 1. The average molecular weight is 538 g/mol. The van der Waals surface area contributed by atoms with E-state index in [-0.39, 0.29) is 30.2 Å². The number of aromatic hydroxyl groups is 1. The molecule has 1 saturated carbocycles. The van der Waals surface area contributed by atoms with Crippen LogP contribution in [0, 0.1) is 0 Å². The van der Waals surface area contributed by atoms with Gasteiger partial charge in [0.05, 0.1) is 0 Å². The third-order valence-electron chi connectivity index (χ3n) is 6.77. The molecule has 0 spiro atoms. The molecular weight excluding hydrogens is 494 g/mol. The topological polar surface area (TPSA) is 108 Å². The van der Waals surface area contributed by atoms with E-state index in [1.54, 1.807) is 32.9 Å². The molecule has 212 valence electrons. The molecule has 0 aromatic heterocycles. The minimum atomic E-state index is -0.966. The Morgan fingerprint density at radius 3 is 2.15 bits per heavy atom. The number of carbonyl (C=O) groups excluding carboxylic acids is 3. The highest BCUT2D eigenvalue weighted by molar-refractivity contribution is 5.92. The molecule has 0 aliphatic heterocycles. The summed E-state index contributed by atoms with van der Waals surface area (Å²) in [6.45, 7) is 8.99. The molecule has 3 amide bonds. The fourth-order valence-corrected chi connectivity index (χ4v) is 4.98. The summed E-state index contributed by atoms with van der Waals surface area (Å²) in [7, 11) is 0. The summed E-state index contributed by atoms with van der Waals surface area (Å²) in [4.78, 5) is 42.5. The van der Waals surface area contributed by atoms with Crippen LogP contribution in [0.25, 0.3) is 0 Å². The van der Waals surface area contributed by atoms with Gasteiger partial charge in [0.2, 0.25) is 11.8 Å². The van der Waals surface area contributed by atoms with E-state index < -0.39 is 29.7 Å². The average Bonchev–Trinajstić information content (AvgIpc) is 2.87. The standard InChI is InChI=1S/C31H43N3O5/c1-21(2)34(27(23-16-18-25(35)19-17-23)28(36)32-24-14-10-7-11-15-24)29(37)26(20-22-12-8-6-9-13-22)33-30(38)39-31(3,4)5/h6,8-9,12-13,16-19,21,24,26-27,35H,7,10-11,14-15,20H2,1-5H3,(H,32,36)(H,33,38). The maximum Gasteiger partial charge on any atom is 0.408 e. The highest BCUT2D eigenvalue weighted by Gasteiger charge is 2.38. The second-order valence-corrected chi connectivity index (χ2v) is 11.6. The van der Waals surface area contributed by atoms with Gasteiger partial charge in [-0.25, -0.2) is 4.79 Å². The largest absolute Gasteiger partial charge is 0.508 e. The molecule has 3 N–H and O–H groups in total. The Bertz CT molecular complexity index is 1090. The van der Waals surface area contributed by atoms with Crippen LogP contribution in [0.4, 0.5) is 4.79 Å². The van der Waals surface area contributed by atoms with Crippen molar-refractivity contribution in [2.24, 2.45) is 0 Å². The summed E-state index contributed by atoms with van der Waals surface area (Å²) in [5.74, 6) is -0.594. The minimum Gasteiger partial charge on any atom is -0.508 e. The smallest absolute Gasteiger partial charge is 0.408 e. The van der Waals surface area contributed by atoms with Gasteiger partial charge in [0.15, 0.2) is 0 Å². The van der Waals surface area contributed by atoms with Gasteiger partial charge in [-0.15, -0.1) is 0 Å². The predicted molar refractivity (Wildman–Crippen MR) is 151 cm³/mol. The Balaban J connectivity index is 1.98. The van der Waals surface area contributed by atoms with Crippen molar-refractivity contribution in [2.75, 3.05) is 0 Å². The van der Waals surface area contributed by atoms with E-state index in [1.165, 1.54) is 17.0 Å². The number of nitrogens with one attached hydrogen (secondary N) is 2. The van der Waals surface area contributed by atoms with Crippen LogP contribution in [0.5, 0.6) is 5.75 Å². The van der Waals surface area contributed by atoms with E-state index >= 15 is 0 Å². The Labute approximate surface area is 232 Å². The van der Waals surface area contributed by atoms with Gasteiger partial charge in [-0.1, -0.05) is 61.7 Å². The zero-order valence-corrected chi connectivity index (χ0v) is 23.8. The summed E-state index contributed by atoms with van der Waals surface area (Å²) in [5.41, 5.74) is 0.707. The summed E-state index contributed by atoms with van der Waals surface area (Å²) in [5, 5.41) is 15.8. The number of amides is 3. The van der Waals surface area contributed by atoms with Crippen LogP contribution in [0.3, 0.4) is 0 Å². The van der Waals surface area contributed by atoms with Gasteiger partial charge < -0.3 is 25.4 Å². The maximum absolute atomic E-state index is 14.3. The summed E-state index contributed by atoms with van der Waals surface area (Å²) >= 11 is 0. The van der Waals surface area contributed by atoms with Crippen molar-refractivity contribution in [1.82, 2.24) is 15.5 Å². The van der Waals surface area contributed by atoms with Crippen LogP contribution >= 0.6 is 0 Å². The molecule has 2 aromatic carbocycles. The van der Waals surface area contributed by atoms with Crippen molar-refractivity contribution >= 4 is 17.9 Å². The van der Waals surface area contributed by atoms with Crippen molar-refractivity contribution in [2.45, 2.75) is 103 Å². The second-order valence-electron chi connectivity index (χ2n) is 11.6. The molecule has 8 heteroatoms. The lowest BCUT2D eigenvalue weighted by Gasteiger charge is -2.38. The van der Waals surface area contributed by atoms with E-state index in [2.05, 4.69) is 10.6 Å². The molecule has 3 rings (SSSR count). The summed E-state index contributed by atoms with van der Waals surface area (Å²) in [6.07, 6.45) is 4.60. The van der Waals surface area contributed by atoms with E-state index in [0.717, 1.165) is 37.7 Å². The van der Waals surface area contributed by atoms with E-state index in [1.807, 2.05) is 44.2 Å². The predicted octanol–water partition coefficient (Wildman–Crippen LogP) is 5.26. The molecule has 0 saturated heterocycles. The van der Waals surface area contributed by atoms with Crippen LogP contribution in [-0.2, 0) is 20.7 Å². The molecule has 0 heterocycles. The zero-order valence-electron chi connectivity index (χ0n) is 23.8. The van der Waals surface area contributed by atoms with Crippen molar-refractivity contribution in [1.29, 1.82) is 0 Å². The van der Waals surface area contributed by atoms with Crippen molar-refractivity contribution in [3.05, 3.63) is 65.7 Å². The van der Waals surface area contributed by atoms with Crippen molar-refractivity contribution in [3.63, 3.8) is 0 Å². The zero-order chi connectivity index (χ0) is 28.6. The molecule has 1 aliphatic carbocycles. The van der Waals surface area contributed by atoms with Gasteiger partial charge in [0.1, 0.15) is 23.4 Å². The van der Waals surface area contributed by atoms with Gasteiger partial charge in [0.25, 0.3) is 0 Å². The molecule has 2 atom stereocenters. The van der Waals surface area contributed by atoms with E-state index in [0.29, 0.717) is 5.56 Å². The molecule has 1 aliphatic rings. The van der Waals surface area contributed by atoms with Crippen LogP contribution in [-0.4, -0.2) is 51.6 Å². The Morgan fingerprint density at radius 2 is 1.59 bits per heavy atom. The number of hydrogen-bond donors (Lipinski definition) is 3. The first-order valence-corrected chi connectivity index (χ1v) is 13.9. The van der Waals surface area contributed by atoms with Gasteiger partial charge in [-0.3, -0.25) is 9.59 Å². The summed E-state index contributed by atoms with van der Waals surface area (Å²) < 4.78 is 5.47. The quantitative estimate of drug-likeness (QED) is 0.405. The second kappa shape index (κ2) is 13.5. The van der Waals surface area contributed by atoms with Crippen LogP contribution in [0.15, 0.2) is 54.6 Å². The molecule has 0 bridgehead atoms. The molecule has 39 heavy (non-hydrogen) atoms. The Kier molecular flexibility index (Phi) is 10.4. The van der Waals surface area contributed by atoms with E-state index in [4.69, 9.17) is 4.74 Å². The number of phenols is 1. The number of benzene rings is 2. The highest BCUT2D eigenvalue weighted by atomic mass is 16.6. The number of carbonyl (C=O) groups is 3. The van der Waals surface area contributed by atoms with Crippen LogP contribution < -0.4 is 10.6 Å². The first-order chi connectivity index (χ1) is 18.4. The number of phenolic OH excluding ortho intramolecular Hbond substituents is 1. The summed E-state index contributed by atoms with van der Waals surface area (Å²) in [6, 6.07) is 13.6. The lowest BCUT2D eigenvalue weighted by atomic mass is 9.94. The highest BCUT2D eigenvalue weighted by Crippen LogP contribution is 2.28. The fraction of sp³-hybridized carbons (Fsp3) is 0.516. The van der Waals surface area contributed by atoms with Gasteiger partial charge in [-0.05, 0) is 70.7 Å². The monoisotopic (exact) mass is 537 g/mol. The van der Waals surface area contributed by atoms with E-state index in [9.17, 15) is 19.5 Å². The van der Waals surface area contributed by atoms with Crippen molar-refractivity contribution in [3.8, 4) is 5.75 Å². The van der Waals surface area contributed by atoms with Gasteiger partial charge in [-0.2, -0.15) is 0 Å². The van der Waals surface area contributed by atoms with Crippen LogP contribution in [0.2, 0.25) is 0 Å². The number of nitrogens with zero attached hydrogens (tertiary/aromatic N) is 1. The Hall–Kier alpha value is -3.55. The normalized spacial score (nSPS) is 15.7. The number of hydrogen-bond acceptors (Lipinski definition) is 5. The third kappa shape index (κ3) is 9.01. The third-order valence-corrected chi connectivity index (χ3v) is 6.77. The molecule has 2 aromatic rings. The van der Waals surface area contributed by atoms with Crippen molar-refractivity contribution < 1.29 is 24.2 Å². The molecular formula is C31H43N3O5. The SMILES string of the molecule is CC(C)N(C(=O)C(Cc1ccccc1)NC(=O)OC(C)(C)C)C(C(=O)NC1CCCCC1)c1ccc(O)cc1. The maximum atomic E-state index is 14.3. The Morgan fingerprint density at radius 1 is 0.974 bits per heavy atom. The first-order valence-electron chi connectivity index (χ1n) is 13.9. The van der Waals surface area contributed by atoms with Gasteiger partial charge >= 0.3 is 6.09 Å². The fourth-order valence-electron chi connectivity index (χ4n) is 4.98. The van der Waals surface area contributed by atoms with Gasteiger partial charge in [0, 0.05) is 18.5 Å². The molecule has 2 unspecified atom stereocenters. The number of ether oxygens (including phenoxy) is 1. The lowest BCUT2D eigenvalue weighted by Crippen LogP contribution is -2.56. The molecule has 1 fully saturated rings. The minimum absolute atomic E-state index is 0.0509. The first kappa shape index (κ1) is 30.0. The molecule has 8 nitrogen and oxygen atoms in total.